The molecule has 0 spiro atoms. The van der Waals surface area contributed by atoms with Crippen molar-refractivity contribution >= 4 is 34.5 Å². The Labute approximate surface area is 131 Å². The monoisotopic (exact) mass is 314 g/mol. The molecule has 0 bridgehead atoms. The minimum Gasteiger partial charge on any atom is -0.481 e. The van der Waals surface area contributed by atoms with Crippen LogP contribution in [0.25, 0.3) is 11.0 Å². The number of rotatable bonds is 4. The molecule has 1 aromatic carbocycles. The molecule has 1 N–H and O–H groups in total. The molecular formula is C17H14O4S. The fraction of sp³-hybridized carbons (Fsp3) is 0.176. The maximum absolute atomic E-state index is 12.7. The molecule has 0 saturated carbocycles. The first kappa shape index (κ1) is 14.7. The van der Waals surface area contributed by atoms with Crippen LogP contribution in [0.5, 0.6) is 0 Å². The zero-order valence-electron chi connectivity index (χ0n) is 11.9. The average Bonchev–Trinajstić information content (AvgIpc) is 3.01. The van der Waals surface area contributed by atoms with Gasteiger partial charge in [-0.15, -0.1) is 11.8 Å². The second-order valence-corrected chi connectivity index (χ2v) is 6.01. The van der Waals surface area contributed by atoms with Crippen LogP contribution in [0.15, 0.2) is 52.0 Å². The van der Waals surface area contributed by atoms with Gasteiger partial charge in [0.15, 0.2) is 5.78 Å². The first-order chi connectivity index (χ1) is 10.6. The highest BCUT2D eigenvalue weighted by atomic mass is 32.2. The normalized spacial score (nSPS) is 15.6. The maximum atomic E-state index is 12.7. The van der Waals surface area contributed by atoms with Crippen LogP contribution in [0, 0.1) is 0 Å². The largest absolute Gasteiger partial charge is 0.481 e. The summed E-state index contributed by atoms with van der Waals surface area (Å²) in [5.74, 6) is -0.907. The van der Waals surface area contributed by atoms with Crippen LogP contribution >= 0.6 is 11.8 Å². The predicted octanol–water partition coefficient (Wildman–Crippen LogP) is 3.99. The van der Waals surface area contributed by atoms with Crippen LogP contribution in [0.1, 0.15) is 28.8 Å². The zero-order chi connectivity index (χ0) is 15.7. The second kappa shape index (κ2) is 5.85. The molecule has 1 unspecified atom stereocenters. The molecule has 2 aromatic rings. The fourth-order valence-corrected chi connectivity index (χ4v) is 3.03. The second-order valence-electron chi connectivity index (χ2n) is 5.11. The molecule has 0 radical (unpaired) electrons. The number of thioether (sulfide) groups is 1. The van der Waals surface area contributed by atoms with Crippen molar-refractivity contribution in [2.45, 2.75) is 12.8 Å². The van der Waals surface area contributed by atoms with Crippen LogP contribution in [0.4, 0.5) is 0 Å². The molecule has 22 heavy (non-hydrogen) atoms. The van der Waals surface area contributed by atoms with Crippen molar-refractivity contribution in [2.24, 2.45) is 0 Å². The number of furan rings is 1. The molecule has 3 rings (SSSR count). The van der Waals surface area contributed by atoms with E-state index in [2.05, 4.69) is 0 Å². The number of benzene rings is 1. The first-order valence-electron chi connectivity index (χ1n) is 6.85. The van der Waals surface area contributed by atoms with Crippen LogP contribution in [-0.4, -0.2) is 22.6 Å². The summed E-state index contributed by atoms with van der Waals surface area (Å²) < 4.78 is 5.43. The SMILES string of the molecule is CC(C(=O)O)c1cc(C(=O)C2=CSCC=C2)c2occc2c1. The summed E-state index contributed by atoms with van der Waals surface area (Å²) in [5.41, 5.74) is 2.09. The van der Waals surface area contributed by atoms with Crippen LogP contribution in [-0.2, 0) is 4.79 Å². The molecule has 0 fully saturated rings. The Morgan fingerprint density at radius 3 is 2.86 bits per heavy atom. The number of carbonyl (C=O) groups is 2. The Morgan fingerprint density at radius 2 is 2.18 bits per heavy atom. The quantitative estimate of drug-likeness (QED) is 0.864. The summed E-state index contributed by atoms with van der Waals surface area (Å²) in [6.07, 6.45) is 5.23. The Hall–Kier alpha value is -2.27. The van der Waals surface area contributed by atoms with E-state index in [1.807, 2.05) is 11.5 Å². The van der Waals surface area contributed by atoms with Crippen molar-refractivity contribution in [2.75, 3.05) is 5.75 Å². The number of allylic oxidation sites excluding steroid dienone is 2. The van der Waals surface area contributed by atoms with Crippen LogP contribution < -0.4 is 0 Å². The first-order valence-corrected chi connectivity index (χ1v) is 7.90. The van der Waals surface area contributed by atoms with E-state index in [0.29, 0.717) is 22.3 Å². The third-order valence-electron chi connectivity index (χ3n) is 3.65. The fourth-order valence-electron chi connectivity index (χ4n) is 2.36. The molecule has 0 aliphatic carbocycles. The van der Waals surface area contributed by atoms with E-state index in [0.717, 1.165) is 11.1 Å². The number of carbonyl (C=O) groups excluding carboxylic acids is 1. The number of hydrogen-bond acceptors (Lipinski definition) is 4. The Kier molecular flexibility index (Phi) is 3.90. The third kappa shape index (κ3) is 2.60. The molecule has 0 saturated heterocycles. The number of ketones is 1. The molecular weight excluding hydrogens is 300 g/mol. The van der Waals surface area contributed by atoms with Gasteiger partial charge in [0.05, 0.1) is 17.7 Å². The molecule has 112 valence electrons. The van der Waals surface area contributed by atoms with Gasteiger partial charge in [-0.05, 0) is 36.1 Å². The molecule has 0 amide bonds. The van der Waals surface area contributed by atoms with E-state index >= 15 is 0 Å². The van der Waals surface area contributed by atoms with E-state index < -0.39 is 11.9 Å². The molecule has 2 heterocycles. The molecule has 5 heteroatoms. The lowest BCUT2D eigenvalue weighted by atomic mass is 9.94. The number of hydrogen-bond donors (Lipinski definition) is 1. The van der Waals surface area contributed by atoms with Gasteiger partial charge in [0.1, 0.15) is 5.58 Å². The number of carboxylic acids is 1. The minimum atomic E-state index is -0.923. The summed E-state index contributed by atoms with van der Waals surface area (Å²) in [5, 5.41) is 11.8. The summed E-state index contributed by atoms with van der Waals surface area (Å²) >= 11 is 1.55. The van der Waals surface area contributed by atoms with Crippen molar-refractivity contribution in [3.63, 3.8) is 0 Å². The number of fused-ring (bicyclic) bond motifs is 1. The van der Waals surface area contributed by atoms with Gasteiger partial charge < -0.3 is 9.52 Å². The Bertz CT molecular complexity index is 813. The Balaban J connectivity index is 2.13. The summed E-state index contributed by atoms with van der Waals surface area (Å²) in [6.45, 7) is 1.60. The third-order valence-corrected chi connectivity index (χ3v) is 4.46. The molecule has 1 aromatic heterocycles. The Morgan fingerprint density at radius 1 is 1.36 bits per heavy atom. The van der Waals surface area contributed by atoms with Gasteiger partial charge in [-0.25, -0.2) is 0 Å². The summed E-state index contributed by atoms with van der Waals surface area (Å²) in [6, 6.07) is 5.12. The topological polar surface area (TPSA) is 67.5 Å². The van der Waals surface area contributed by atoms with Crippen molar-refractivity contribution in [1.29, 1.82) is 0 Å². The number of Topliss-reactive ketones (excluding diaryl/α,β-unsaturated/α-hetero) is 1. The lowest BCUT2D eigenvalue weighted by Gasteiger charge is -2.11. The highest BCUT2D eigenvalue weighted by molar-refractivity contribution is 8.02. The molecule has 1 aliphatic heterocycles. The van der Waals surface area contributed by atoms with Gasteiger partial charge >= 0.3 is 5.97 Å². The van der Waals surface area contributed by atoms with Crippen molar-refractivity contribution in [1.82, 2.24) is 0 Å². The standard InChI is InChI=1S/C17H14O4S/c1-10(17(19)20)13-7-11-4-5-21-16(11)14(8-13)15(18)12-3-2-6-22-9-12/h2-5,7-10H,6H2,1H3,(H,19,20). The number of carboxylic acid groups (broad SMARTS) is 1. The van der Waals surface area contributed by atoms with Gasteiger partial charge in [-0.2, -0.15) is 0 Å². The highest BCUT2D eigenvalue weighted by Gasteiger charge is 2.21. The van der Waals surface area contributed by atoms with Gasteiger partial charge in [-0.3, -0.25) is 9.59 Å². The highest BCUT2D eigenvalue weighted by Crippen LogP contribution is 2.29. The summed E-state index contributed by atoms with van der Waals surface area (Å²) in [4.78, 5) is 23.9. The number of aliphatic carboxylic acids is 1. The molecule has 4 nitrogen and oxygen atoms in total. The van der Waals surface area contributed by atoms with Crippen LogP contribution in [0.3, 0.4) is 0 Å². The van der Waals surface area contributed by atoms with Gasteiger partial charge in [-0.1, -0.05) is 12.2 Å². The minimum absolute atomic E-state index is 0.150. The van der Waals surface area contributed by atoms with E-state index in [1.165, 1.54) is 6.26 Å². The van der Waals surface area contributed by atoms with Gasteiger partial charge in [0.2, 0.25) is 0 Å². The average molecular weight is 314 g/mol. The van der Waals surface area contributed by atoms with Gasteiger partial charge in [0.25, 0.3) is 0 Å². The van der Waals surface area contributed by atoms with E-state index in [-0.39, 0.29) is 5.78 Å². The van der Waals surface area contributed by atoms with Crippen molar-refractivity contribution in [3.05, 3.63) is 58.7 Å². The lowest BCUT2D eigenvalue weighted by Crippen LogP contribution is -2.10. The smallest absolute Gasteiger partial charge is 0.310 e. The molecule has 1 atom stereocenters. The van der Waals surface area contributed by atoms with E-state index in [9.17, 15) is 14.7 Å². The van der Waals surface area contributed by atoms with E-state index in [1.54, 1.807) is 43.0 Å². The maximum Gasteiger partial charge on any atom is 0.310 e. The predicted molar refractivity (Wildman–Crippen MR) is 86.3 cm³/mol. The van der Waals surface area contributed by atoms with Crippen molar-refractivity contribution < 1.29 is 19.1 Å². The van der Waals surface area contributed by atoms with Crippen LogP contribution in [0.2, 0.25) is 0 Å². The lowest BCUT2D eigenvalue weighted by molar-refractivity contribution is -0.138. The summed E-state index contributed by atoms with van der Waals surface area (Å²) in [7, 11) is 0. The van der Waals surface area contributed by atoms with Gasteiger partial charge in [0, 0.05) is 16.7 Å². The molecule has 1 aliphatic rings. The van der Waals surface area contributed by atoms with Crippen molar-refractivity contribution in [3.8, 4) is 0 Å². The zero-order valence-corrected chi connectivity index (χ0v) is 12.7. The van der Waals surface area contributed by atoms with E-state index in [4.69, 9.17) is 4.42 Å².